The maximum absolute atomic E-state index is 10.5. The van der Waals surface area contributed by atoms with Gasteiger partial charge in [0.15, 0.2) is 0 Å². The van der Waals surface area contributed by atoms with E-state index in [0.717, 1.165) is 19.4 Å². The Bertz CT molecular complexity index is 386. The molecule has 1 aliphatic carbocycles. The van der Waals surface area contributed by atoms with Crippen molar-refractivity contribution in [3.63, 3.8) is 0 Å². The molecule has 0 heterocycles. The van der Waals surface area contributed by atoms with Crippen LogP contribution in [0, 0.1) is 0 Å². The molecule has 1 aliphatic rings. The molecule has 2 rings (SSSR count). The second-order valence-corrected chi connectivity index (χ2v) is 5.84. The first-order chi connectivity index (χ1) is 8.62. The topological polar surface area (TPSA) is 32.3 Å². The summed E-state index contributed by atoms with van der Waals surface area (Å²) in [5.41, 5.74) is 2.39. The zero-order valence-electron chi connectivity index (χ0n) is 11.6. The summed E-state index contributed by atoms with van der Waals surface area (Å²) in [7, 11) is 1.94. The number of nitrogens with one attached hydrogen (secondary N) is 1. The molecule has 0 spiro atoms. The minimum absolute atomic E-state index is 0.529. The smallest absolute Gasteiger partial charge is 0.0637 e. The Labute approximate surface area is 110 Å². The van der Waals surface area contributed by atoms with E-state index in [1.54, 1.807) is 0 Å². The molecule has 0 saturated heterocycles. The lowest BCUT2D eigenvalue weighted by Crippen LogP contribution is -2.31. The molecule has 2 heteroatoms. The van der Waals surface area contributed by atoms with Crippen molar-refractivity contribution < 1.29 is 5.11 Å². The van der Waals surface area contributed by atoms with Gasteiger partial charge in [0, 0.05) is 0 Å². The van der Waals surface area contributed by atoms with E-state index in [1.807, 2.05) is 14.0 Å². The zero-order chi connectivity index (χ0) is 13.0. The van der Waals surface area contributed by atoms with Gasteiger partial charge in [0.05, 0.1) is 5.60 Å². The molecule has 100 valence electrons. The number of hydrogen-bond donors (Lipinski definition) is 2. The van der Waals surface area contributed by atoms with Crippen LogP contribution in [-0.4, -0.2) is 24.3 Å². The van der Waals surface area contributed by atoms with Crippen molar-refractivity contribution >= 4 is 0 Å². The first kappa shape index (κ1) is 13.6. The highest BCUT2D eigenvalue weighted by atomic mass is 16.3. The molecule has 2 nitrogen and oxygen atoms in total. The summed E-state index contributed by atoms with van der Waals surface area (Å²) in [6, 6.07) is 8.73. The number of aryl methyl sites for hydroxylation is 1. The maximum atomic E-state index is 10.5. The minimum atomic E-state index is -0.557. The molecular weight excluding hydrogens is 222 g/mol. The average Bonchev–Trinajstić information content (AvgIpc) is 2.37. The van der Waals surface area contributed by atoms with Gasteiger partial charge in [-0.2, -0.15) is 0 Å². The molecule has 0 amide bonds. The highest BCUT2D eigenvalue weighted by Crippen LogP contribution is 2.37. The van der Waals surface area contributed by atoms with Crippen molar-refractivity contribution in [3.8, 4) is 0 Å². The Morgan fingerprint density at radius 2 is 2.17 bits per heavy atom. The molecule has 2 atom stereocenters. The van der Waals surface area contributed by atoms with Gasteiger partial charge in [-0.1, -0.05) is 24.3 Å². The van der Waals surface area contributed by atoms with Gasteiger partial charge in [0.1, 0.15) is 0 Å². The van der Waals surface area contributed by atoms with Crippen molar-refractivity contribution in [1.82, 2.24) is 5.32 Å². The summed E-state index contributed by atoms with van der Waals surface area (Å²) in [5, 5.41) is 13.6. The first-order valence-electron chi connectivity index (χ1n) is 7.07. The molecule has 0 radical (unpaired) electrons. The second-order valence-electron chi connectivity index (χ2n) is 5.84. The van der Waals surface area contributed by atoms with Crippen LogP contribution in [0.2, 0.25) is 0 Å². The average molecular weight is 247 g/mol. The van der Waals surface area contributed by atoms with E-state index in [1.165, 1.54) is 30.4 Å². The first-order valence-corrected chi connectivity index (χ1v) is 7.07. The number of fused-ring (bicyclic) bond motifs is 1. The summed E-state index contributed by atoms with van der Waals surface area (Å²) >= 11 is 0. The summed E-state index contributed by atoms with van der Waals surface area (Å²) in [5.74, 6) is 0.529. The Hall–Kier alpha value is -0.860. The SMILES string of the molecule is CNCCC(C)(O)CC1CCCc2ccccc21. The van der Waals surface area contributed by atoms with Crippen molar-refractivity contribution in [2.24, 2.45) is 0 Å². The molecule has 0 fully saturated rings. The third-order valence-electron chi connectivity index (χ3n) is 4.09. The molecule has 0 aliphatic heterocycles. The Morgan fingerprint density at radius 1 is 1.39 bits per heavy atom. The lowest BCUT2D eigenvalue weighted by molar-refractivity contribution is 0.0337. The third kappa shape index (κ3) is 3.33. The predicted molar refractivity (Wildman–Crippen MR) is 75.9 cm³/mol. The molecule has 1 aromatic rings. The minimum Gasteiger partial charge on any atom is -0.390 e. The van der Waals surface area contributed by atoms with Crippen LogP contribution in [0.25, 0.3) is 0 Å². The number of rotatable bonds is 5. The summed E-state index contributed by atoms with van der Waals surface area (Å²) in [6.07, 6.45) is 5.37. The van der Waals surface area contributed by atoms with Crippen LogP contribution in [0.15, 0.2) is 24.3 Å². The van der Waals surface area contributed by atoms with Crippen molar-refractivity contribution in [2.45, 2.75) is 50.5 Å². The normalized spacial score (nSPS) is 22.3. The second kappa shape index (κ2) is 5.85. The zero-order valence-corrected chi connectivity index (χ0v) is 11.6. The fraction of sp³-hybridized carbons (Fsp3) is 0.625. The van der Waals surface area contributed by atoms with E-state index in [2.05, 4.69) is 29.6 Å². The van der Waals surface area contributed by atoms with Gasteiger partial charge in [0.2, 0.25) is 0 Å². The van der Waals surface area contributed by atoms with E-state index in [4.69, 9.17) is 0 Å². The molecule has 0 saturated carbocycles. The monoisotopic (exact) mass is 247 g/mol. The van der Waals surface area contributed by atoms with Crippen LogP contribution in [0.3, 0.4) is 0 Å². The highest BCUT2D eigenvalue weighted by molar-refractivity contribution is 5.32. The van der Waals surface area contributed by atoms with Gasteiger partial charge in [-0.25, -0.2) is 0 Å². The predicted octanol–water partition coefficient (Wildman–Crippen LogP) is 2.86. The molecule has 2 N–H and O–H groups in total. The maximum Gasteiger partial charge on any atom is 0.0637 e. The van der Waals surface area contributed by atoms with Gasteiger partial charge in [-0.15, -0.1) is 0 Å². The number of benzene rings is 1. The van der Waals surface area contributed by atoms with Gasteiger partial charge in [-0.05, 0) is 69.7 Å². The van der Waals surface area contributed by atoms with E-state index in [9.17, 15) is 5.11 Å². The highest BCUT2D eigenvalue weighted by Gasteiger charge is 2.28. The number of hydrogen-bond acceptors (Lipinski definition) is 2. The van der Waals surface area contributed by atoms with Gasteiger partial charge >= 0.3 is 0 Å². The van der Waals surface area contributed by atoms with Crippen LogP contribution in [0.1, 0.15) is 49.7 Å². The Kier molecular flexibility index (Phi) is 4.41. The van der Waals surface area contributed by atoms with Crippen molar-refractivity contribution in [3.05, 3.63) is 35.4 Å². The fourth-order valence-electron chi connectivity index (χ4n) is 3.09. The third-order valence-corrected chi connectivity index (χ3v) is 4.09. The summed E-state index contributed by atoms with van der Waals surface area (Å²) in [6.45, 7) is 2.85. The summed E-state index contributed by atoms with van der Waals surface area (Å²) in [4.78, 5) is 0. The molecular formula is C16H25NO. The molecule has 2 unspecified atom stereocenters. The fourth-order valence-corrected chi connectivity index (χ4v) is 3.09. The van der Waals surface area contributed by atoms with E-state index in [0.29, 0.717) is 5.92 Å². The van der Waals surface area contributed by atoms with E-state index in [-0.39, 0.29) is 0 Å². The van der Waals surface area contributed by atoms with Crippen molar-refractivity contribution in [1.29, 1.82) is 0 Å². The molecule has 1 aromatic carbocycles. The lowest BCUT2D eigenvalue weighted by Gasteiger charge is -2.32. The van der Waals surface area contributed by atoms with Crippen LogP contribution >= 0.6 is 0 Å². The van der Waals surface area contributed by atoms with Crippen LogP contribution in [-0.2, 0) is 6.42 Å². The van der Waals surface area contributed by atoms with Gasteiger partial charge < -0.3 is 10.4 Å². The number of aliphatic hydroxyl groups is 1. The molecule has 0 aromatic heterocycles. The Morgan fingerprint density at radius 3 is 2.94 bits per heavy atom. The van der Waals surface area contributed by atoms with Gasteiger partial charge in [0.25, 0.3) is 0 Å². The van der Waals surface area contributed by atoms with E-state index < -0.39 is 5.60 Å². The molecule has 0 bridgehead atoms. The van der Waals surface area contributed by atoms with E-state index >= 15 is 0 Å². The van der Waals surface area contributed by atoms with Gasteiger partial charge in [-0.3, -0.25) is 0 Å². The molecule has 18 heavy (non-hydrogen) atoms. The van der Waals surface area contributed by atoms with Crippen LogP contribution in [0.4, 0.5) is 0 Å². The van der Waals surface area contributed by atoms with Crippen LogP contribution in [0.5, 0.6) is 0 Å². The lowest BCUT2D eigenvalue weighted by atomic mass is 9.76. The van der Waals surface area contributed by atoms with Crippen LogP contribution < -0.4 is 5.32 Å². The largest absolute Gasteiger partial charge is 0.390 e. The Balaban J connectivity index is 2.06. The quantitative estimate of drug-likeness (QED) is 0.838. The summed E-state index contributed by atoms with van der Waals surface area (Å²) < 4.78 is 0. The van der Waals surface area contributed by atoms with Crippen molar-refractivity contribution in [2.75, 3.05) is 13.6 Å². The standard InChI is InChI=1S/C16H25NO/c1-16(18,10-11-17-2)12-14-8-5-7-13-6-3-4-9-15(13)14/h3-4,6,9,14,17-18H,5,7-8,10-12H2,1-2H3.